The average molecular weight is 266 g/mol. The lowest BCUT2D eigenvalue weighted by atomic mass is 10.1. The van der Waals surface area contributed by atoms with E-state index in [0.29, 0.717) is 22.6 Å². The van der Waals surface area contributed by atoms with Gasteiger partial charge in [-0.3, -0.25) is 4.79 Å². The molecule has 0 fully saturated rings. The maximum Gasteiger partial charge on any atom is 0.255 e. The third kappa shape index (κ3) is 2.96. The molecular formula is C16H14N2O2. The highest BCUT2D eigenvalue weighted by atomic mass is 16.5. The van der Waals surface area contributed by atoms with Gasteiger partial charge in [0.2, 0.25) is 0 Å². The van der Waals surface area contributed by atoms with Crippen LogP contribution in [0.5, 0.6) is 5.75 Å². The fraction of sp³-hybridized carbons (Fsp3) is 0.125. The molecule has 0 aromatic heterocycles. The SMILES string of the molecule is COc1cccc(C(=O)Nc2cc(C#N)ccc2C)c1. The van der Waals surface area contributed by atoms with E-state index in [1.165, 1.54) is 0 Å². The van der Waals surface area contributed by atoms with Crippen molar-refractivity contribution in [1.82, 2.24) is 0 Å². The van der Waals surface area contributed by atoms with Crippen LogP contribution in [-0.4, -0.2) is 13.0 Å². The summed E-state index contributed by atoms with van der Waals surface area (Å²) in [6.45, 7) is 1.88. The van der Waals surface area contributed by atoms with Crippen LogP contribution in [0.3, 0.4) is 0 Å². The van der Waals surface area contributed by atoms with Gasteiger partial charge in [-0.2, -0.15) is 5.26 Å². The molecule has 1 N–H and O–H groups in total. The molecule has 0 bridgehead atoms. The summed E-state index contributed by atoms with van der Waals surface area (Å²) in [5, 5.41) is 11.7. The molecule has 0 aliphatic heterocycles. The number of nitrogens with zero attached hydrogens (tertiary/aromatic N) is 1. The molecule has 0 aliphatic carbocycles. The lowest BCUT2D eigenvalue weighted by molar-refractivity contribution is 0.102. The van der Waals surface area contributed by atoms with Gasteiger partial charge in [0.05, 0.1) is 18.7 Å². The molecule has 2 rings (SSSR count). The molecule has 0 aliphatic rings. The predicted molar refractivity (Wildman–Crippen MR) is 76.8 cm³/mol. The minimum Gasteiger partial charge on any atom is -0.497 e. The minimum atomic E-state index is -0.234. The van der Waals surface area contributed by atoms with E-state index in [9.17, 15) is 4.79 Å². The number of nitriles is 1. The van der Waals surface area contributed by atoms with Crippen molar-refractivity contribution in [3.8, 4) is 11.8 Å². The van der Waals surface area contributed by atoms with Crippen molar-refractivity contribution >= 4 is 11.6 Å². The molecule has 0 radical (unpaired) electrons. The van der Waals surface area contributed by atoms with Crippen molar-refractivity contribution in [2.24, 2.45) is 0 Å². The number of amides is 1. The molecule has 0 heterocycles. The summed E-state index contributed by atoms with van der Waals surface area (Å²) in [4.78, 5) is 12.2. The molecular weight excluding hydrogens is 252 g/mol. The first-order valence-corrected chi connectivity index (χ1v) is 6.10. The number of ether oxygens (including phenoxy) is 1. The zero-order valence-corrected chi connectivity index (χ0v) is 11.3. The van der Waals surface area contributed by atoms with E-state index in [2.05, 4.69) is 11.4 Å². The third-order valence-corrected chi connectivity index (χ3v) is 2.95. The topological polar surface area (TPSA) is 62.1 Å². The first-order valence-electron chi connectivity index (χ1n) is 6.10. The second-order valence-electron chi connectivity index (χ2n) is 4.33. The highest BCUT2D eigenvalue weighted by molar-refractivity contribution is 6.04. The van der Waals surface area contributed by atoms with Gasteiger partial charge in [0.15, 0.2) is 0 Å². The number of anilines is 1. The number of nitrogens with one attached hydrogen (secondary N) is 1. The maximum atomic E-state index is 12.2. The van der Waals surface area contributed by atoms with Crippen LogP contribution in [-0.2, 0) is 0 Å². The Morgan fingerprint density at radius 3 is 2.75 bits per heavy atom. The fourth-order valence-corrected chi connectivity index (χ4v) is 1.79. The van der Waals surface area contributed by atoms with Gasteiger partial charge < -0.3 is 10.1 Å². The van der Waals surface area contributed by atoms with Gasteiger partial charge in [-0.25, -0.2) is 0 Å². The van der Waals surface area contributed by atoms with Crippen LogP contribution in [0.4, 0.5) is 5.69 Å². The Kier molecular flexibility index (Phi) is 4.02. The molecule has 0 spiro atoms. The lowest BCUT2D eigenvalue weighted by Gasteiger charge is -2.09. The number of carbonyl (C=O) groups is 1. The molecule has 4 heteroatoms. The van der Waals surface area contributed by atoms with Crippen molar-refractivity contribution in [3.05, 3.63) is 59.2 Å². The van der Waals surface area contributed by atoms with Crippen LogP contribution >= 0.6 is 0 Å². The van der Waals surface area contributed by atoms with Gasteiger partial charge >= 0.3 is 0 Å². The number of benzene rings is 2. The van der Waals surface area contributed by atoms with Crippen molar-refractivity contribution in [1.29, 1.82) is 5.26 Å². The third-order valence-electron chi connectivity index (χ3n) is 2.95. The van der Waals surface area contributed by atoms with Crippen LogP contribution in [0.15, 0.2) is 42.5 Å². The van der Waals surface area contributed by atoms with Crippen molar-refractivity contribution < 1.29 is 9.53 Å². The van der Waals surface area contributed by atoms with Gasteiger partial charge in [0, 0.05) is 11.3 Å². The summed E-state index contributed by atoms with van der Waals surface area (Å²) in [7, 11) is 1.55. The predicted octanol–water partition coefficient (Wildman–Crippen LogP) is 3.13. The van der Waals surface area contributed by atoms with Gasteiger partial charge in [-0.15, -0.1) is 0 Å². The summed E-state index contributed by atoms with van der Waals surface area (Å²) in [5.74, 6) is 0.391. The van der Waals surface area contributed by atoms with Gasteiger partial charge in [-0.05, 0) is 42.8 Å². The molecule has 2 aromatic rings. The molecule has 0 unspecified atom stereocenters. The molecule has 20 heavy (non-hydrogen) atoms. The minimum absolute atomic E-state index is 0.234. The molecule has 0 atom stereocenters. The van der Waals surface area contributed by atoms with Crippen LogP contribution in [0, 0.1) is 18.3 Å². The summed E-state index contributed by atoms with van der Waals surface area (Å²) < 4.78 is 5.09. The van der Waals surface area contributed by atoms with E-state index >= 15 is 0 Å². The molecule has 100 valence electrons. The van der Waals surface area contributed by atoms with E-state index in [-0.39, 0.29) is 5.91 Å². The van der Waals surface area contributed by atoms with E-state index in [0.717, 1.165) is 5.56 Å². The van der Waals surface area contributed by atoms with E-state index in [1.807, 2.05) is 6.92 Å². The summed E-state index contributed by atoms with van der Waals surface area (Å²) in [5.41, 5.74) is 2.56. The number of rotatable bonds is 3. The second kappa shape index (κ2) is 5.89. The Morgan fingerprint density at radius 1 is 1.25 bits per heavy atom. The van der Waals surface area contributed by atoms with Gasteiger partial charge in [-0.1, -0.05) is 12.1 Å². The molecule has 4 nitrogen and oxygen atoms in total. The fourth-order valence-electron chi connectivity index (χ4n) is 1.79. The molecule has 0 saturated carbocycles. The van der Waals surface area contributed by atoms with Gasteiger partial charge in [0.1, 0.15) is 5.75 Å². The molecule has 1 amide bonds. The standard InChI is InChI=1S/C16H14N2O2/c1-11-6-7-12(10-17)8-15(11)18-16(19)13-4-3-5-14(9-13)20-2/h3-9H,1-2H3,(H,18,19). The first-order chi connectivity index (χ1) is 9.63. The maximum absolute atomic E-state index is 12.2. The second-order valence-corrected chi connectivity index (χ2v) is 4.33. The van der Waals surface area contributed by atoms with Crippen molar-refractivity contribution in [2.45, 2.75) is 6.92 Å². The first kappa shape index (κ1) is 13.6. The highest BCUT2D eigenvalue weighted by Gasteiger charge is 2.09. The van der Waals surface area contributed by atoms with Crippen LogP contribution in [0.2, 0.25) is 0 Å². The number of hydrogen-bond donors (Lipinski definition) is 1. The Labute approximate surface area is 117 Å². The Morgan fingerprint density at radius 2 is 2.05 bits per heavy atom. The molecule has 0 saturated heterocycles. The van der Waals surface area contributed by atoms with Crippen molar-refractivity contribution in [2.75, 3.05) is 12.4 Å². The quantitative estimate of drug-likeness (QED) is 0.928. The monoisotopic (exact) mass is 266 g/mol. The zero-order valence-electron chi connectivity index (χ0n) is 11.3. The summed E-state index contributed by atoms with van der Waals surface area (Å²) in [6.07, 6.45) is 0. The number of aryl methyl sites for hydroxylation is 1. The van der Waals surface area contributed by atoms with E-state index < -0.39 is 0 Å². The van der Waals surface area contributed by atoms with E-state index in [1.54, 1.807) is 49.6 Å². The van der Waals surface area contributed by atoms with Crippen LogP contribution < -0.4 is 10.1 Å². The van der Waals surface area contributed by atoms with Crippen LogP contribution in [0.25, 0.3) is 0 Å². The Balaban J connectivity index is 2.25. The lowest BCUT2D eigenvalue weighted by Crippen LogP contribution is -2.13. The van der Waals surface area contributed by atoms with E-state index in [4.69, 9.17) is 10.00 Å². The summed E-state index contributed by atoms with van der Waals surface area (Å²) in [6, 6.07) is 14.1. The molecule has 2 aromatic carbocycles. The number of carbonyl (C=O) groups excluding carboxylic acids is 1. The Hall–Kier alpha value is -2.80. The van der Waals surface area contributed by atoms with Crippen molar-refractivity contribution in [3.63, 3.8) is 0 Å². The smallest absolute Gasteiger partial charge is 0.255 e. The number of hydrogen-bond acceptors (Lipinski definition) is 3. The normalized spacial score (nSPS) is 9.65. The van der Waals surface area contributed by atoms with Gasteiger partial charge in [0.25, 0.3) is 5.91 Å². The summed E-state index contributed by atoms with van der Waals surface area (Å²) >= 11 is 0. The highest BCUT2D eigenvalue weighted by Crippen LogP contribution is 2.19. The zero-order chi connectivity index (χ0) is 14.5. The Bertz CT molecular complexity index is 687. The van der Waals surface area contributed by atoms with Crippen LogP contribution in [0.1, 0.15) is 21.5 Å². The average Bonchev–Trinajstić information content (AvgIpc) is 2.49. The number of methoxy groups -OCH3 is 1. The largest absolute Gasteiger partial charge is 0.497 e.